The summed E-state index contributed by atoms with van der Waals surface area (Å²) in [6, 6.07) is 10.7. The summed E-state index contributed by atoms with van der Waals surface area (Å²) < 4.78 is 13.4. The average molecular weight is 492 g/mol. The Hall–Kier alpha value is -3.43. The lowest BCUT2D eigenvalue weighted by atomic mass is 10.0. The van der Waals surface area contributed by atoms with E-state index in [-0.39, 0.29) is 5.91 Å². The van der Waals surface area contributed by atoms with Crippen molar-refractivity contribution in [3.63, 3.8) is 0 Å². The predicted molar refractivity (Wildman–Crippen MR) is 142 cm³/mol. The van der Waals surface area contributed by atoms with E-state index in [1.54, 1.807) is 19.5 Å². The average Bonchev–Trinajstić information content (AvgIpc) is 3.45. The van der Waals surface area contributed by atoms with Gasteiger partial charge in [0, 0.05) is 43.6 Å². The van der Waals surface area contributed by atoms with Crippen LogP contribution in [0.4, 0.5) is 5.69 Å². The minimum absolute atomic E-state index is 0.238. The Morgan fingerprint density at radius 2 is 1.91 bits per heavy atom. The van der Waals surface area contributed by atoms with Gasteiger partial charge in [-0.3, -0.25) is 9.89 Å². The number of hydrogen-bond acceptors (Lipinski definition) is 5. The second-order valence-corrected chi connectivity index (χ2v) is 15.6. The summed E-state index contributed by atoms with van der Waals surface area (Å²) >= 11 is 0. The van der Waals surface area contributed by atoms with Gasteiger partial charge in [-0.25, -0.2) is 4.68 Å². The Kier molecular flexibility index (Phi) is 7.09. The van der Waals surface area contributed by atoms with Gasteiger partial charge in [-0.05, 0) is 37.1 Å². The molecule has 8 nitrogen and oxygen atoms in total. The van der Waals surface area contributed by atoms with Crippen molar-refractivity contribution in [1.29, 1.82) is 0 Å². The molecule has 0 bridgehead atoms. The molecule has 184 valence electrons. The summed E-state index contributed by atoms with van der Waals surface area (Å²) in [5.74, 6) is 0.238. The van der Waals surface area contributed by atoms with Gasteiger partial charge in [-0.2, -0.15) is 10.2 Å². The lowest BCUT2D eigenvalue weighted by molar-refractivity contribution is 0.0818. The highest BCUT2D eigenvalue weighted by atomic mass is 28.3. The highest BCUT2D eigenvalue weighted by Crippen LogP contribution is 2.34. The molecule has 35 heavy (non-hydrogen) atoms. The molecule has 0 saturated carbocycles. The van der Waals surface area contributed by atoms with Crippen LogP contribution in [0.2, 0.25) is 25.7 Å². The monoisotopic (exact) mass is 491 g/mol. The van der Waals surface area contributed by atoms with Crippen LogP contribution in [0.5, 0.6) is 5.75 Å². The van der Waals surface area contributed by atoms with Crippen LogP contribution in [-0.4, -0.2) is 47.7 Å². The van der Waals surface area contributed by atoms with Crippen LogP contribution in [0.15, 0.2) is 42.7 Å². The van der Waals surface area contributed by atoms with Crippen molar-refractivity contribution in [2.45, 2.75) is 46.3 Å². The molecule has 9 heteroatoms. The summed E-state index contributed by atoms with van der Waals surface area (Å²) in [6.07, 6.45) is 3.51. The number of benzene rings is 2. The number of anilines is 1. The normalized spacial score (nSPS) is 11.7. The Morgan fingerprint density at radius 1 is 1.17 bits per heavy atom. The summed E-state index contributed by atoms with van der Waals surface area (Å²) in [4.78, 5) is 13.4. The fourth-order valence-electron chi connectivity index (χ4n) is 3.96. The van der Waals surface area contributed by atoms with Crippen molar-refractivity contribution in [3.05, 3.63) is 59.4 Å². The van der Waals surface area contributed by atoms with Crippen molar-refractivity contribution in [1.82, 2.24) is 20.0 Å². The number of H-pyrrole nitrogens is 1. The lowest BCUT2D eigenvalue weighted by Gasteiger charge is -2.16. The molecule has 0 spiro atoms. The van der Waals surface area contributed by atoms with Crippen LogP contribution in [0.3, 0.4) is 0 Å². The summed E-state index contributed by atoms with van der Waals surface area (Å²) in [5.41, 5.74) is 5.64. The number of rotatable bonds is 9. The SMILES string of the molecule is COc1cc2c(cc1C(=O)Nc1c(C)cccc1C)c(-c1cn[nH]c1)nn2COCC[Si](C)(C)C. The molecule has 4 rings (SSSR count). The third-order valence-corrected chi connectivity index (χ3v) is 7.72. The van der Waals surface area contributed by atoms with E-state index in [1.807, 2.05) is 48.9 Å². The molecule has 2 N–H and O–H groups in total. The van der Waals surface area contributed by atoms with Crippen molar-refractivity contribution >= 4 is 30.6 Å². The van der Waals surface area contributed by atoms with Crippen molar-refractivity contribution in [3.8, 4) is 17.0 Å². The predicted octanol–water partition coefficient (Wildman–Crippen LogP) is 5.62. The first-order chi connectivity index (χ1) is 16.7. The number of nitrogens with one attached hydrogen (secondary N) is 2. The molecule has 0 aliphatic rings. The number of ether oxygens (including phenoxy) is 2. The molecule has 4 aromatic rings. The molecule has 2 aromatic carbocycles. The van der Waals surface area contributed by atoms with E-state index >= 15 is 0 Å². The molecule has 0 aliphatic carbocycles. The highest BCUT2D eigenvalue weighted by Gasteiger charge is 2.21. The van der Waals surface area contributed by atoms with Gasteiger partial charge in [0.05, 0.1) is 24.4 Å². The third-order valence-electron chi connectivity index (χ3n) is 6.02. The molecule has 1 amide bonds. The molecular formula is C26H33N5O3Si. The summed E-state index contributed by atoms with van der Waals surface area (Å²) in [5, 5.41) is 15.6. The maximum absolute atomic E-state index is 13.4. The van der Waals surface area contributed by atoms with Crippen LogP contribution < -0.4 is 10.1 Å². The van der Waals surface area contributed by atoms with Crippen LogP contribution in [0, 0.1) is 13.8 Å². The molecular weight excluding hydrogens is 458 g/mol. The van der Waals surface area contributed by atoms with Gasteiger partial charge < -0.3 is 14.8 Å². The van der Waals surface area contributed by atoms with Gasteiger partial charge in [0.1, 0.15) is 18.2 Å². The highest BCUT2D eigenvalue weighted by molar-refractivity contribution is 6.76. The number of amides is 1. The largest absolute Gasteiger partial charge is 0.496 e. The van der Waals surface area contributed by atoms with E-state index in [0.29, 0.717) is 24.7 Å². The first kappa shape index (κ1) is 24.7. The number of aryl methyl sites for hydroxylation is 2. The smallest absolute Gasteiger partial charge is 0.259 e. The molecule has 2 heterocycles. The first-order valence-corrected chi connectivity index (χ1v) is 15.4. The zero-order valence-corrected chi connectivity index (χ0v) is 22.2. The van der Waals surface area contributed by atoms with Gasteiger partial charge in [-0.15, -0.1) is 0 Å². The number of nitrogens with zero attached hydrogens (tertiary/aromatic N) is 3. The standard InChI is InChI=1S/C26H33N5O3Si/c1-17-8-7-9-18(2)24(17)29-26(32)21-12-20-22(13-23(21)33-3)31(16-34-10-11-35(4,5)6)30-25(20)19-14-27-28-15-19/h7-9,12-15H,10-11,16H2,1-6H3,(H,27,28)(H,29,32). The van der Waals surface area contributed by atoms with Crippen LogP contribution in [-0.2, 0) is 11.5 Å². The summed E-state index contributed by atoms with van der Waals surface area (Å²) in [7, 11) is 0.374. The Bertz CT molecular complexity index is 1320. The number of aromatic amines is 1. The number of aromatic nitrogens is 4. The van der Waals surface area contributed by atoms with Crippen molar-refractivity contribution in [2.75, 3.05) is 19.0 Å². The van der Waals surface area contributed by atoms with Gasteiger partial charge in [0.2, 0.25) is 0 Å². The maximum Gasteiger partial charge on any atom is 0.259 e. The molecule has 0 unspecified atom stereocenters. The minimum Gasteiger partial charge on any atom is -0.496 e. The first-order valence-electron chi connectivity index (χ1n) is 11.7. The molecule has 0 atom stereocenters. The Labute approximate surface area is 206 Å². The Balaban J connectivity index is 1.73. The van der Waals surface area contributed by atoms with Crippen molar-refractivity contribution in [2.24, 2.45) is 0 Å². The Morgan fingerprint density at radius 3 is 2.54 bits per heavy atom. The van der Waals surface area contributed by atoms with Crippen LogP contribution >= 0.6 is 0 Å². The van der Waals surface area contributed by atoms with Crippen molar-refractivity contribution < 1.29 is 14.3 Å². The molecule has 0 aliphatic heterocycles. The van der Waals surface area contributed by atoms with E-state index in [4.69, 9.17) is 14.6 Å². The van der Waals surface area contributed by atoms with E-state index in [9.17, 15) is 4.79 Å². The summed E-state index contributed by atoms with van der Waals surface area (Å²) in [6.45, 7) is 11.9. The van der Waals surface area contributed by atoms with Crippen LogP contribution in [0.1, 0.15) is 21.5 Å². The fraction of sp³-hybridized carbons (Fsp3) is 0.346. The number of carbonyl (C=O) groups excluding carboxylic acids is 1. The zero-order valence-electron chi connectivity index (χ0n) is 21.2. The van der Waals surface area contributed by atoms with E-state index < -0.39 is 8.07 Å². The molecule has 0 saturated heterocycles. The second-order valence-electron chi connectivity index (χ2n) is 9.97. The molecule has 0 radical (unpaired) electrons. The molecule has 0 fully saturated rings. The lowest BCUT2D eigenvalue weighted by Crippen LogP contribution is -2.22. The van der Waals surface area contributed by atoms with E-state index in [2.05, 4.69) is 35.2 Å². The third kappa shape index (κ3) is 5.46. The maximum atomic E-state index is 13.4. The fourth-order valence-corrected chi connectivity index (χ4v) is 4.72. The van der Waals surface area contributed by atoms with Crippen LogP contribution in [0.25, 0.3) is 22.2 Å². The number of methoxy groups -OCH3 is 1. The number of hydrogen-bond donors (Lipinski definition) is 2. The quantitative estimate of drug-likeness (QED) is 0.234. The number of para-hydroxylation sites is 1. The van der Waals surface area contributed by atoms with Gasteiger partial charge in [0.25, 0.3) is 5.91 Å². The van der Waals surface area contributed by atoms with Gasteiger partial charge in [0.15, 0.2) is 0 Å². The second kappa shape index (κ2) is 10.0. The van der Waals surface area contributed by atoms with Gasteiger partial charge in [-0.1, -0.05) is 37.8 Å². The number of carbonyl (C=O) groups is 1. The van der Waals surface area contributed by atoms with Gasteiger partial charge >= 0.3 is 0 Å². The minimum atomic E-state index is -1.19. The molecule has 2 aromatic heterocycles. The topological polar surface area (TPSA) is 94.1 Å². The van der Waals surface area contributed by atoms with E-state index in [1.165, 1.54) is 0 Å². The number of fused-ring (bicyclic) bond motifs is 1. The zero-order chi connectivity index (χ0) is 25.2. The van der Waals surface area contributed by atoms with E-state index in [0.717, 1.165) is 45.0 Å².